The minimum absolute atomic E-state index is 0.234. The maximum absolute atomic E-state index is 12.3. The molecule has 0 N–H and O–H groups in total. The van der Waals surface area contributed by atoms with Gasteiger partial charge in [-0.2, -0.15) is 5.26 Å². The van der Waals surface area contributed by atoms with E-state index in [9.17, 15) is 4.79 Å². The highest BCUT2D eigenvalue weighted by molar-refractivity contribution is 6.35. The molecule has 0 unspecified atom stereocenters. The van der Waals surface area contributed by atoms with Gasteiger partial charge in [0, 0.05) is 10.9 Å². The van der Waals surface area contributed by atoms with Gasteiger partial charge in [0.2, 0.25) is 5.78 Å². The minimum atomic E-state index is -0.234. The van der Waals surface area contributed by atoms with Crippen molar-refractivity contribution in [1.82, 2.24) is 0 Å². The molecule has 0 aliphatic rings. The van der Waals surface area contributed by atoms with Gasteiger partial charge in [-0.15, -0.1) is 0 Å². The van der Waals surface area contributed by atoms with Crippen LogP contribution in [0.4, 0.5) is 0 Å². The second-order valence-corrected chi connectivity index (χ2v) is 4.69. The minimum Gasteiger partial charge on any atom is -0.453 e. The first-order chi connectivity index (χ1) is 9.69. The number of furan rings is 1. The van der Waals surface area contributed by atoms with Crippen molar-refractivity contribution < 1.29 is 9.21 Å². The monoisotopic (exact) mass is 281 g/mol. The normalized spacial score (nSPS) is 10.4. The Morgan fingerprint density at radius 1 is 1.15 bits per heavy atom. The fourth-order valence-corrected chi connectivity index (χ4v) is 2.20. The summed E-state index contributed by atoms with van der Waals surface area (Å²) in [6.45, 7) is 0. The van der Waals surface area contributed by atoms with Crippen LogP contribution in [0.1, 0.15) is 21.7 Å². The van der Waals surface area contributed by atoms with Gasteiger partial charge in [0.25, 0.3) is 0 Å². The number of nitriles is 1. The van der Waals surface area contributed by atoms with E-state index in [1.807, 2.05) is 6.07 Å². The number of halogens is 1. The molecule has 3 rings (SSSR count). The van der Waals surface area contributed by atoms with E-state index in [-0.39, 0.29) is 11.5 Å². The maximum atomic E-state index is 12.3. The summed E-state index contributed by atoms with van der Waals surface area (Å²) in [5, 5.41) is 10.0. The van der Waals surface area contributed by atoms with Crippen LogP contribution < -0.4 is 0 Å². The fourth-order valence-electron chi connectivity index (χ4n) is 1.98. The second-order valence-electron chi connectivity index (χ2n) is 4.28. The predicted octanol–water partition coefficient (Wildman–Crippen LogP) is 4.19. The van der Waals surface area contributed by atoms with Crippen LogP contribution in [0.5, 0.6) is 0 Å². The summed E-state index contributed by atoms with van der Waals surface area (Å²) in [4.78, 5) is 12.3. The number of nitrogens with zero attached hydrogens (tertiary/aromatic N) is 1. The molecule has 0 radical (unpaired) electrons. The third-order valence-electron chi connectivity index (χ3n) is 3.01. The molecule has 3 aromatic rings. The van der Waals surface area contributed by atoms with Crippen molar-refractivity contribution in [1.29, 1.82) is 5.26 Å². The first kappa shape index (κ1) is 12.5. The fraction of sp³-hybridized carbons (Fsp3) is 0. The molecule has 1 aromatic heterocycles. The Bertz CT molecular complexity index is 841. The van der Waals surface area contributed by atoms with Gasteiger partial charge in [0.1, 0.15) is 5.58 Å². The SMILES string of the molecule is N#Cc1ccc(C(=O)c2cc3c(Cl)cccc3o2)cc1. The quantitative estimate of drug-likeness (QED) is 0.662. The van der Waals surface area contributed by atoms with E-state index in [1.54, 1.807) is 48.5 Å². The Balaban J connectivity index is 2.03. The van der Waals surface area contributed by atoms with Crippen LogP contribution >= 0.6 is 11.6 Å². The predicted molar refractivity (Wildman–Crippen MR) is 75.8 cm³/mol. The molecule has 0 saturated carbocycles. The molecule has 20 heavy (non-hydrogen) atoms. The summed E-state index contributed by atoms with van der Waals surface area (Å²) in [6.07, 6.45) is 0. The van der Waals surface area contributed by atoms with Gasteiger partial charge in [0.05, 0.1) is 16.7 Å². The zero-order valence-corrected chi connectivity index (χ0v) is 11.0. The van der Waals surface area contributed by atoms with E-state index in [1.165, 1.54) is 0 Å². The molecular formula is C16H8ClNO2. The summed E-state index contributed by atoms with van der Waals surface area (Å²) in [5.41, 5.74) is 1.56. The lowest BCUT2D eigenvalue weighted by Crippen LogP contribution is -1.99. The van der Waals surface area contributed by atoms with Gasteiger partial charge < -0.3 is 4.42 Å². The summed E-state index contributed by atoms with van der Waals surface area (Å²) >= 11 is 6.05. The van der Waals surface area contributed by atoms with E-state index >= 15 is 0 Å². The highest BCUT2D eigenvalue weighted by Gasteiger charge is 2.15. The molecule has 2 aromatic carbocycles. The Hall–Kier alpha value is -2.57. The van der Waals surface area contributed by atoms with Gasteiger partial charge in [0.15, 0.2) is 5.76 Å². The summed E-state index contributed by atoms with van der Waals surface area (Å²) in [5.74, 6) is -0.000404. The van der Waals surface area contributed by atoms with E-state index in [4.69, 9.17) is 21.3 Å². The smallest absolute Gasteiger partial charge is 0.228 e. The number of fused-ring (bicyclic) bond motifs is 1. The molecule has 0 saturated heterocycles. The molecular weight excluding hydrogens is 274 g/mol. The van der Waals surface area contributed by atoms with Crippen LogP contribution in [0.3, 0.4) is 0 Å². The topological polar surface area (TPSA) is 54.0 Å². The van der Waals surface area contributed by atoms with E-state index in [2.05, 4.69) is 0 Å². The number of hydrogen-bond donors (Lipinski definition) is 0. The summed E-state index contributed by atoms with van der Waals surface area (Å²) < 4.78 is 5.52. The zero-order valence-electron chi connectivity index (χ0n) is 10.3. The number of rotatable bonds is 2. The Labute approximate surface area is 120 Å². The van der Waals surface area contributed by atoms with Gasteiger partial charge >= 0.3 is 0 Å². The van der Waals surface area contributed by atoms with Crippen LogP contribution in [0.2, 0.25) is 5.02 Å². The Morgan fingerprint density at radius 3 is 2.55 bits per heavy atom. The van der Waals surface area contributed by atoms with Crippen molar-refractivity contribution in [2.45, 2.75) is 0 Å². The third kappa shape index (κ3) is 2.07. The Morgan fingerprint density at radius 2 is 1.90 bits per heavy atom. The van der Waals surface area contributed by atoms with Gasteiger partial charge in [-0.25, -0.2) is 0 Å². The number of carbonyl (C=O) groups excluding carboxylic acids is 1. The Kier molecular flexibility index (Phi) is 3.02. The molecule has 1 heterocycles. The highest BCUT2D eigenvalue weighted by atomic mass is 35.5. The summed E-state index contributed by atoms with van der Waals surface area (Å²) in [6, 6.07) is 15.3. The second kappa shape index (κ2) is 4.84. The molecule has 0 aliphatic carbocycles. The van der Waals surface area contributed by atoms with Crippen LogP contribution in [0.15, 0.2) is 52.9 Å². The van der Waals surface area contributed by atoms with Crippen LogP contribution in [-0.2, 0) is 0 Å². The largest absolute Gasteiger partial charge is 0.453 e. The zero-order chi connectivity index (χ0) is 14.1. The van der Waals surface area contributed by atoms with Crippen LogP contribution in [-0.4, -0.2) is 5.78 Å². The van der Waals surface area contributed by atoms with E-state index < -0.39 is 0 Å². The van der Waals surface area contributed by atoms with Crippen molar-refractivity contribution in [2.75, 3.05) is 0 Å². The lowest BCUT2D eigenvalue weighted by Gasteiger charge is -1.97. The lowest BCUT2D eigenvalue weighted by molar-refractivity contribution is 0.101. The molecule has 0 atom stereocenters. The lowest BCUT2D eigenvalue weighted by atomic mass is 10.1. The van der Waals surface area contributed by atoms with Crippen molar-refractivity contribution in [3.63, 3.8) is 0 Å². The average Bonchev–Trinajstić information content (AvgIpc) is 2.92. The van der Waals surface area contributed by atoms with Crippen molar-refractivity contribution in [3.05, 3.63) is 70.4 Å². The maximum Gasteiger partial charge on any atom is 0.228 e. The van der Waals surface area contributed by atoms with E-state index in [0.717, 1.165) is 0 Å². The molecule has 0 spiro atoms. The van der Waals surface area contributed by atoms with Crippen LogP contribution in [0, 0.1) is 11.3 Å². The van der Waals surface area contributed by atoms with Crippen molar-refractivity contribution in [3.8, 4) is 6.07 Å². The molecule has 0 fully saturated rings. The molecule has 4 heteroatoms. The van der Waals surface area contributed by atoms with Crippen LogP contribution in [0.25, 0.3) is 11.0 Å². The molecule has 0 bridgehead atoms. The van der Waals surface area contributed by atoms with Gasteiger partial charge in [-0.05, 0) is 42.5 Å². The van der Waals surface area contributed by atoms with Crippen molar-refractivity contribution in [2.24, 2.45) is 0 Å². The van der Waals surface area contributed by atoms with Crippen molar-refractivity contribution >= 4 is 28.4 Å². The number of carbonyl (C=O) groups is 1. The number of benzene rings is 2. The highest BCUT2D eigenvalue weighted by Crippen LogP contribution is 2.27. The molecule has 0 amide bonds. The van der Waals surface area contributed by atoms with Gasteiger partial charge in [-0.3, -0.25) is 4.79 Å². The number of ketones is 1. The first-order valence-corrected chi connectivity index (χ1v) is 6.30. The number of hydrogen-bond acceptors (Lipinski definition) is 3. The third-order valence-corrected chi connectivity index (χ3v) is 3.34. The summed E-state index contributed by atoms with van der Waals surface area (Å²) in [7, 11) is 0. The molecule has 0 aliphatic heterocycles. The molecule has 96 valence electrons. The standard InChI is InChI=1S/C16H8ClNO2/c17-13-2-1-3-14-12(13)8-15(20-14)16(19)11-6-4-10(9-18)5-7-11/h1-8H. The first-order valence-electron chi connectivity index (χ1n) is 5.92. The van der Waals surface area contributed by atoms with E-state index in [0.29, 0.717) is 27.1 Å². The molecule has 3 nitrogen and oxygen atoms in total. The van der Waals surface area contributed by atoms with Gasteiger partial charge in [-0.1, -0.05) is 17.7 Å². The average molecular weight is 282 g/mol.